The van der Waals surface area contributed by atoms with Gasteiger partial charge < -0.3 is 10.4 Å². The smallest absolute Gasteiger partial charge is 0.220 e. The zero-order valence-corrected chi connectivity index (χ0v) is 19.1. The number of aliphatic hydroxyl groups is 1. The molecule has 0 rings (SSSR count). The molecule has 1 atom stereocenters. The van der Waals surface area contributed by atoms with Crippen molar-refractivity contribution < 1.29 is 9.90 Å². The van der Waals surface area contributed by atoms with Gasteiger partial charge in [0.15, 0.2) is 0 Å². The minimum atomic E-state index is -0.112. The number of hydrogen-bond acceptors (Lipinski definition) is 2. The van der Waals surface area contributed by atoms with Crippen LogP contribution in [0.25, 0.3) is 0 Å². The Morgan fingerprint density at radius 3 is 1.83 bits per heavy atom. The van der Waals surface area contributed by atoms with E-state index < -0.39 is 0 Å². The Morgan fingerprint density at radius 1 is 0.828 bits per heavy atom. The first-order valence-electron chi connectivity index (χ1n) is 11.6. The number of carbonyl (C=O) groups is 1. The fraction of sp³-hybridized carbons (Fsp3) is 0.654. The fourth-order valence-corrected chi connectivity index (χ4v) is 2.99. The fourth-order valence-electron chi connectivity index (χ4n) is 2.99. The van der Waals surface area contributed by atoms with Gasteiger partial charge in [0.25, 0.3) is 0 Å². The maximum absolute atomic E-state index is 11.9. The van der Waals surface area contributed by atoms with Gasteiger partial charge in [-0.15, -0.1) is 0 Å². The minimum absolute atomic E-state index is 0.0150. The number of nitrogens with one attached hydrogen (secondary N) is 1. The second-order valence-corrected chi connectivity index (χ2v) is 8.06. The Balaban J connectivity index is 3.63. The summed E-state index contributed by atoms with van der Waals surface area (Å²) in [5, 5.41) is 12.2. The lowest BCUT2D eigenvalue weighted by Gasteiger charge is -2.18. The zero-order chi connectivity index (χ0) is 21.6. The molecule has 0 saturated heterocycles. The average molecular weight is 404 g/mol. The topological polar surface area (TPSA) is 49.3 Å². The Hall–Kier alpha value is -1.61. The predicted octanol–water partition coefficient (Wildman–Crippen LogP) is 6.66. The molecular weight excluding hydrogens is 358 g/mol. The molecule has 1 amide bonds. The molecule has 0 aromatic carbocycles. The molecule has 166 valence electrons. The SMILES string of the molecule is CCCCC/C=C\C/C=C\C/C=C\C/C=C\CCCC(=O)N[C@@H](CO)CC(C)C. The molecule has 2 N–H and O–H groups in total. The van der Waals surface area contributed by atoms with Crippen molar-refractivity contribution >= 4 is 5.91 Å². The number of rotatable bonds is 18. The summed E-state index contributed by atoms with van der Waals surface area (Å²) in [5.41, 5.74) is 0. The predicted molar refractivity (Wildman–Crippen MR) is 127 cm³/mol. The van der Waals surface area contributed by atoms with E-state index in [0.717, 1.165) is 38.5 Å². The monoisotopic (exact) mass is 403 g/mol. The van der Waals surface area contributed by atoms with E-state index in [-0.39, 0.29) is 18.6 Å². The van der Waals surface area contributed by atoms with E-state index in [1.807, 2.05) is 0 Å². The second-order valence-electron chi connectivity index (χ2n) is 8.06. The highest BCUT2D eigenvalue weighted by molar-refractivity contribution is 5.76. The van der Waals surface area contributed by atoms with Crippen molar-refractivity contribution in [2.24, 2.45) is 5.92 Å². The van der Waals surface area contributed by atoms with Crippen molar-refractivity contribution in [3.05, 3.63) is 48.6 Å². The zero-order valence-electron chi connectivity index (χ0n) is 19.1. The molecule has 29 heavy (non-hydrogen) atoms. The van der Waals surface area contributed by atoms with Gasteiger partial charge in [-0.2, -0.15) is 0 Å². The molecule has 0 spiro atoms. The number of aliphatic hydroxyl groups excluding tert-OH is 1. The summed E-state index contributed by atoms with van der Waals surface area (Å²) >= 11 is 0. The number of amides is 1. The molecular formula is C26H45NO2. The Labute approximate surface area is 180 Å². The van der Waals surface area contributed by atoms with E-state index in [9.17, 15) is 9.90 Å². The molecule has 0 bridgehead atoms. The standard InChI is InChI=1S/C26H45NO2/c1-4-5-6-7-8-9-10-11-12-13-14-15-16-17-18-19-20-21-26(29)27-25(23-28)22-24(2)3/h8-9,11-12,14-15,17-18,24-25,28H,4-7,10,13,16,19-23H2,1-3H3,(H,27,29)/b9-8-,12-11-,15-14-,18-17-/t25-/m1/s1. The molecule has 0 unspecified atom stereocenters. The molecule has 0 aliphatic rings. The van der Waals surface area contributed by atoms with E-state index in [2.05, 4.69) is 74.7 Å². The summed E-state index contributed by atoms with van der Waals surface area (Å²) < 4.78 is 0. The van der Waals surface area contributed by atoms with Gasteiger partial charge in [-0.25, -0.2) is 0 Å². The largest absolute Gasteiger partial charge is 0.394 e. The molecule has 3 nitrogen and oxygen atoms in total. The van der Waals surface area contributed by atoms with Gasteiger partial charge in [-0.1, -0.05) is 82.2 Å². The summed E-state index contributed by atoms with van der Waals surface area (Å²) in [7, 11) is 0. The quantitative estimate of drug-likeness (QED) is 0.199. The van der Waals surface area contributed by atoms with Gasteiger partial charge in [-0.3, -0.25) is 4.79 Å². The van der Waals surface area contributed by atoms with Crippen LogP contribution in [0.5, 0.6) is 0 Å². The van der Waals surface area contributed by atoms with Gasteiger partial charge in [0.05, 0.1) is 12.6 Å². The third-order valence-electron chi connectivity index (χ3n) is 4.57. The third kappa shape index (κ3) is 20.9. The lowest BCUT2D eigenvalue weighted by Crippen LogP contribution is -2.38. The van der Waals surface area contributed by atoms with Crippen molar-refractivity contribution in [1.29, 1.82) is 0 Å². The number of carbonyl (C=O) groups excluding carboxylic acids is 1. The summed E-state index contributed by atoms with van der Waals surface area (Å²) in [5.74, 6) is 0.511. The highest BCUT2D eigenvalue weighted by atomic mass is 16.3. The van der Waals surface area contributed by atoms with E-state index in [4.69, 9.17) is 0 Å². The van der Waals surface area contributed by atoms with Gasteiger partial charge in [0, 0.05) is 6.42 Å². The van der Waals surface area contributed by atoms with Crippen molar-refractivity contribution in [3.8, 4) is 0 Å². The first kappa shape index (κ1) is 27.4. The maximum atomic E-state index is 11.9. The summed E-state index contributed by atoms with van der Waals surface area (Å²) in [4.78, 5) is 11.9. The molecule has 0 aromatic rings. The summed E-state index contributed by atoms with van der Waals surface area (Å²) in [6.07, 6.45) is 28.9. The van der Waals surface area contributed by atoms with Crippen molar-refractivity contribution in [1.82, 2.24) is 5.32 Å². The van der Waals surface area contributed by atoms with E-state index >= 15 is 0 Å². The molecule has 0 aromatic heterocycles. The number of hydrogen-bond donors (Lipinski definition) is 2. The van der Waals surface area contributed by atoms with Gasteiger partial charge in [0.2, 0.25) is 5.91 Å². The number of allylic oxidation sites excluding steroid dienone is 8. The lowest BCUT2D eigenvalue weighted by molar-refractivity contribution is -0.122. The van der Waals surface area contributed by atoms with Crippen LogP contribution in [-0.4, -0.2) is 23.7 Å². The van der Waals surface area contributed by atoms with Gasteiger partial charge >= 0.3 is 0 Å². The Morgan fingerprint density at radius 2 is 1.34 bits per heavy atom. The van der Waals surface area contributed by atoms with Crippen molar-refractivity contribution in [3.63, 3.8) is 0 Å². The van der Waals surface area contributed by atoms with Crippen LogP contribution in [0.2, 0.25) is 0 Å². The third-order valence-corrected chi connectivity index (χ3v) is 4.57. The van der Waals surface area contributed by atoms with Crippen LogP contribution < -0.4 is 5.32 Å². The molecule has 3 heteroatoms. The van der Waals surface area contributed by atoms with Crippen molar-refractivity contribution in [2.75, 3.05) is 6.61 Å². The van der Waals surface area contributed by atoms with Crippen LogP contribution in [0.3, 0.4) is 0 Å². The Kier molecular flexibility index (Phi) is 19.9. The second kappa shape index (κ2) is 21.1. The van der Waals surface area contributed by atoms with E-state index in [0.29, 0.717) is 12.3 Å². The van der Waals surface area contributed by atoms with Crippen LogP contribution in [0.15, 0.2) is 48.6 Å². The van der Waals surface area contributed by atoms with Crippen LogP contribution in [0.1, 0.15) is 91.4 Å². The summed E-state index contributed by atoms with van der Waals surface area (Å²) in [6.45, 7) is 6.44. The molecule has 0 aliphatic carbocycles. The van der Waals surface area contributed by atoms with Crippen molar-refractivity contribution in [2.45, 2.75) is 97.4 Å². The normalized spacial score (nSPS) is 13.6. The number of unbranched alkanes of at least 4 members (excludes halogenated alkanes) is 4. The van der Waals surface area contributed by atoms with Crippen LogP contribution in [-0.2, 0) is 4.79 Å². The molecule has 0 aliphatic heterocycles. The Bertz CT molecular complexity index is 489. The van der Waals surface area contributed by atoms with Crippen LogP contribution in [0, 0.1) is 5.92 Å². The lowest BCUT2D eigenvalue weighted by atomic mass is 10.0. The highest BCUT2D eigenvalue weighted by Gasteiger charge is 2.12. The minimum Gasteiger partial charge on any atom is -0.394 e. The molecule has 0 saturated carbocycles. The van der Waals surface area contributed by atoms with E-state index in [1.54, 1.807) is 0 Å². The van der Waals surface area contributed by atoms with Crippen LogP contribution >= 0.6 is 0 Å². The highest BCUT2D eigenvalue weighted by Crippen LogP contribution is 2.05. The molecule has 0 radical (unpaired) electrons. The van der Waals surface area contributed by atoms with Crippen LogP contribution in [0.4, 0.5) is 0 Å². The average Bonchev–Trinajstić information content (AvgIpc) is 2.69. The maximum Gasteiger partial charge on any atom is 0.220 e. The summed E-state index contributed by atoms with van der Waals surface area (Å²) in [6, 6.07) is -0.112. The van der Waals surface area contributed by atoms with Gasteiger partial charge in [-0.05, 0) is 57.3 Å². The van der Waals surface area contributed by atoms with Gasteiger partial charge in [0.1, 0.15) is 0 Å². The first-order valence-corrected chi connectivity index (χ1v) is 11.6. The molecule has 0 fully saturated rings. The van der Waals surface area contributed by atoms with E-state index in [1.165, 1.54) is 25.7 Å². The molecule has 0 heterocycles. The first-order chi connectivity index (χ1) is 14.1.